The molecule has 2 unspecified atom stereocenters. The Balaban J connectivity index is 2.26. The van der Waals surface area contributed by atoms with Crippen LogP contribution in [0.5, 0.6) is 0 Å². The number of likely N-dealkylation sites (N-methyl/N-ethyl adjacent to an activating group) is 1. The molecule has 0 radical (unpaired) electrons. The lowest BCUT2D eigenvalue weighted by molar-refractivity contribution is -0.142. The zero-order valence-electron chi connectivity index (χ0n) is 11.4. The third-order valence-electron chi connectivity index (χ3n) is 3.56. The fourth-order valence-corrected chi connectivity index (χ4v) is 2.75. The maximum absolute atomic E-state index is 12.6. The van der Waals surface area contributed by atoms with Crippen molar-refractivity contribution >= 4 is 23.5 Å². The predicted molar refractivity (Wildman–Crippen MR) is 72.9 cm³/mol. The van der Waals surface area contributed by atoms with Gasteiger partial charge in [-0.15, -0.1) is 0 Å². The number of ether oxygens (including phenoxy) is 1. The number of aryl methyl sites for hydroxylation is 1. The molecular weight excluding hydrogens is 284 g/mol. The molecule has 20 heavy (non-hydrogen) atoms. The number of carboxylic acid groups (broad SMARTS) is 1. The standard InChI is InChI=1S/C13H17ClN2O4/c1-3-16(11-7-20-6-9(11)13(18)19)12(17)10-4-8(14)5-15(10)2/h4-5,9,11H,3,6-7H2,1-2H3,(H,18,19). The minimum atomic E-state index is -0.941. The molecular formula is C13H17ClN2O4. The zero-order chi connectivity index (χ0) is 14.9. The molecule has 1 amide bonds. The molecule has 1 aliphatic rings. The van der Waals surface area contributed by atoms with Crippen molar-refractivity contribution in [3.63, 3.8) is 0 Å². The lowest BCUT2D eigenvalue weighted by atomic mass is 10.0. The second-order valence-electron chi connectivity index (χ2n) is 4.80. The largest absolute Gasteiger partial charge is 0.481 e. The molecule has 0 saturated carbocycles. The van der Waals surface area contributed by atoms with Gasteiger partial charge in [-0.2, -0.15) is 0 Å². The normalized spacial score (nSPS) is 21.9. The van der Waals surface area contributed by atoms with E-state index in [1.165, 1.54) is 4.90 Å². The van der Waals surface area contributed by atoms with Gasteiger partial charge in [-0.05, 0) is 13.0 Å². The van der Waals surface area contributed by atoms with E-state index in [0.717, 1.165) is 0 Å². The number of carboxylic acids is 1. The van der Waals surface area contributed by atoms with Gasteiger partial charge in [0.15, 0.2) is 0 Å². The third-order valence-corrected chi connectivity index (χ3v) is 3.77. The van der Waals surface area contributed by atoms with Gasteiger partial charge in [0.2, 0.25) is 0 Å². The number of hydrogen-bond acceptors (Lipinski definition) is 3. The molecule has 6 nitrogen and oxygen atoms in total. The van der Waals surface area contributed by atoms with Gasteiger partial charge in [0.05, 0.1) is 24.3 Å². The summed E-state index contributed by atoms with van der Waals surface area (Å²) in [5.74, 6) is -1.86. The van der Waals surface area contributed by atoms with Crippen molar-refractivity contribution < 1.29 is 19.4 Å². The summed E-state index contributed by atoms with van der Waals surface area (Å²) in [4.78, 5) is 25.3. The molecule has 1 aromatic heterocycles. The highest BCUT2D eigenvalue weighted by molar-refractivity contribution is 6.31. The molecule has 1 fully saturated rings. The Kier molecular flexibility index (Phi) is 4.35. The quantitative estimate of drug-likeness (QED) is 0.908. The molecule has 1 saturated heterocycles. The number of rotatable bonds is 4. The number of halogens is 1. The van der Waals surface area contributed by atoms with Crippen LogP contribution in [0, 0.1) is 5.92 Å². The van der Waals surface area contributed by atoms with Crippen LogP contribution in [0.4, 0.5) is 0 Å². The summed E-state index contributed by atoms with van der Waals surface area (Å²) < 4.78 is 6.87. The van der Waals surface area contributed by atoms with Crippen molar-refractivity contribution in [3.05, 3.63) is 23.0 Å². The van der Waals surface area contributed by atoms with E-state index in [4.69, 9.17) is 16.3 Å². The van der Waals surface area contributed by atoms with Gasteiger partial charge >= 0.3 is 5.97 Å². The number of carbonyl (C=O) groups is 2. The van der Waals surface area contributed by atoms with Crippen molar-refractivity contribution in [2.24, 2.45) is 13.0 Å². The van der Waals surface area contributed by atoms with Gasteiger partial charge in [-0.1, -0.05) is 11.6 Å². The second kappa shape index (κ2) is 5.85. The Morgan fingerprint density at radius 1 is 1.55 bits per heavy atom. The van der Waals surface area contributed by atoms with E-state index in [0.29, 0.717) is 17.3 Å². The Bertz CT molecular complexity index is 528. The lowest BCUT2D eigenvalue weighted by Gasteiger charge is -2.29. The summed E-state index contributed by atoms with van der Waals surface area (Å²) in [7, 11) is 1.73. The summed E-state index contributed by atoms with van der Waals surface area (Å²) in [6.07, 6.45) is 1.64. The van der Waals surface area contributed by atoms with Crippen molar-refractivity contribution in [1.82, 2.24) is 9.47 Å². The summed E-state index contributed by atoms with van der Waals surface area (Å²) in [5, 5.41) is 9.67. The highest BCUT2D eigenvalue weighted by atomic mass is 35.5. The van der Waals surface area contributed by atoms with Gasteiger partial charge in [-0.25, -0.2) is 0 Å². The Morgan fingerprint density at radius 2 is 2.25 bits per heavy atom. The zero-order valence-corrected chi connectivity index (χ0v) is 12.1. The van der Waals surface area contributed by atoms with E-state index in [9.17, 15) is 14.7 Å². The topological polar surface area (TPSA) is 71.8 Å². The van der Waals surface area contributed by atoms with Gasteiger partial charge < -0.3 is 19.3 Å². The third kappa shape index (κ3) is 2.66. The highest BCUT2D eigenvalue weighted by Gasteiger charge is 2.40. The minimum Gasteiger partial charge on any atom is -0.481 e. The predicted octanol–water partition coefficient (Wildman–Crippen LogP) is 1.24. The van der Waals surface area contributed by atoms with E-state index in [-0.39, 0.29) is 19.1 Å². The molecule has 0 aliphatic carbocycles. The smallest absolute Gasteiger partial charge is 0.311 e. The number of carbonyl (C=O) groups excluding carboxylic acids is 1. The highest BCUT2D eigenvalue weighted by Crippen LogP contribution is 2.23. The van der Waals surface area contributed by atoms with Crippen molar-refractivity contribution in [3.8, 4) is 0 Å². The lowest BCUT2D eigenvalue weighted by Crippen LogP contribution is -2.46. The SMILES string of the molecule is CCN(C(=O)c1cc(Cl)cn1C)C1COCC1C(=O)O. The second-order valence-corrected chi connectivity index (χ2v) is 5.23. The Labute approximate surface area is 121 Å². The first-order valence-corrected chi connectivity index (χ1v) is 6.76. The molecule has 2 rings (SSSR count). The first kappa shape index (κ1) is 14.9. The molecule has 7 heteroatoms. The van der Waals surface area contributed by atoms with Gasteiger partial charge in [-0.3, -0.25) is 9.59 Å². The van der Waals surface area contributed by atoms with Crippen LogP contribution in [0.1, 0.15) is 17.4 Å². The number of amides is 1. The average Bonchev–Trinajstić information content (AvgIpc) is 2.97. The number of aromatic nitrogens is 1. The first-order chi connectivity index (χ1) is 9.45. The fourth-order valence-electron chi connectivity index (χ4n) is 2.50. The molecule has 1 aromatic rings. The van der Waals surface area contributed by atoms with Crippen molar-refractivity contribution in [1.29, 1.82) is 0 Å². The van der Waals surface area contributed by atoms with Crippen molar-refractivity contribution in [2.75, 3.05) is 19.8 Å². The van der Waals surface area contributed by atoms with E-state index in [1.807, 2.05) is 6.92 Å². The number of nitrogens with zero attached hydrogens (tertiary/aromatic N) is 2. The van der Waals surface area contributed by atoms with Crippen LogP contribution in [-0.2, 0) is 16.6 Å². The maximum Gasteiger partial charge on any atom is 0.311 e. The van der Waals surface area contributed by atoms with E-state index < -0.39 is 17.9 Å². The summed E-state index contributed by atoms with van der Waals surface area (Å²) >= 11 is 5.89. The van der Waals surface area contributed by atoms with Crippen LogP contribution >= 0.6 is 11.6 Å². The fraction of sp³-hybridized carbons (Fsp3) is 0.538. The average molecular weight is 301 g/mol. The minimum absolute atomic E-state index is 0.137. The van der Waals surface area contributed by atoms with Crippen LogP contribution in [0.2, 0.25) is 5.02 Å². The van der Waals surface area contributed by atoms with Gasteiger partial charge in [0, 0.05) is 19.8 Å². The van der Waals surface area contributed by atoms with E-state index in [2.05, 4.69) is 0 Å². The molecule has 0 aromatic carbocycles. The monoisotopic (exact) mass is 300 g/mol. The van der Waals surface area contributed by atoms with Crippen LogP contribution in [-0.4, -0.2) is 52.3 Å². The van der Waals surface area contributed by atoms with Gasteiger partial charge in [0.25, 0.3) is 5.91 Å². The molecule has 0 bridgehead atoms. The molecule has 110 valence electrons. The summed E-state index contributed by atoms with van der Waals surface area (Å²) in [5.41, 5.74) is 0.438. The Morgan fingerprint density at radius 3 is 2.75 bits per heavy atom. The van der Waals surface area contributed by atoms with Crippen LogP contribution < -0.4 is 0 Å². The molecule has 1 aliphatic heterocycles. The van der Waals surface area contributed by atoms with E-state index in [1.54, 1.807) is 23.9 Å². The van der Waals surface area contributed by atoms with Crippen molar-refractivity contribution in [2.45, 2.75) is 13.0 Å². The summed E-state index contributed by atoms with van der Waals surface area (Å²) in [6, 6.07) is 1.14. The molecule has 1 N–H and O–H groups in total. The van der Waals surface area contributed by atoms with Crippen LogP contribution in [0.3, 0.4) is 0 Å². The summed E-state index contributed by atoms with van der Waals surface area (Å²) in [6.45, 7) is 2.62. The maximum atomic E-state index is 12.6. The molecule has 0 spiro atoms. The van der Waals surface area contributed by atoms with Crippen LogP contribution in [0.25, 0.3) is 0 Å². The number of aliphatic carboxylic acids is 1. The Hall–Kier alpha value is -1.53. The number of hydrogen-bond donors (Lipinski definition) is 1. The van der Waals surface area contributed by atoms with E-state index >= 15 is 0 Å². The molecule has 2 heterocycles. The van der Waals surface area contributed by atoms with Crippen LogP contribution in [0.15, 0.2) is 12.3 Å². The van der Waals surface area contributed by atoms with Gasteiger partial charge in [0.1, 0.15) is 11.6 Å². The first-order valence-electron chi connectivity index (χ1n) is 6.39. The molecule has 2 atom stereocenters.